The van der Waals surface area contributed by atoms with Crippen molar-refractivity contribution in [2.75, 3.05) is 35.7 Å². The fourth-order valence-electron chi connectivity index (χ4n) is 4.87. The zero-order valence-corrected chi connectivity index (χ0v) is 23.2. The number of hydrogen-bond acceptors (Lipinski definition) is 8. The zero-order chi connectivity index (χ0) is 27.2. The number of carbonyl (C=O) groups excluding carboxylic acids is 1. The first-order chi connectivity index (χ1) is 17.9. The number of amides is 1. The highest BCUT2D eigenvalue weighted by atomic mass is 32.2. The second-order valence-corrected chi connectivity index (χ2v) is 14.3. The fraction of sp³-hybridized carbons (Fsp3) is 0.462. The smallest absolute Gasteiger partial charge is 0.412 e. The summed E-state index contributed by atoms with van der Waals surface area (Å²) in [5.74, 6) is 1.04. The number of nitrogens with zero attached hydrogens (tertiary/aromatic N) is 2. The van der Waals surface area contributed by atoms with Crippen molar-refractivity contribution in [2.24, 2.45) is 5.92 Å². The maximum Gasteiger partial charge on any atom is 0.412 e. The van der Waals surface area contributed by atoms with Gasteiger partial charge in [-0.2, -0.15) is 4.98 Å². The van der Waals surface area contributed by atoms with Crippen LogP contribution >= 0.6 is 0 Å². The van der Waals surface area contributed by atoms with Crippen LogP contribution in [0.15, 0.2) is 34.7 Å². The molecule has 1 saturated heterocycles. The van der Waals surface area contributed by atoms with Crippen LogP contribution < -0.4 is 14.4 Å². The van der Waals surface area contributed by atoms with Gasteiger partial charge in [0.05, 0.1) is 23.1 Å². The van der Waals surface area contributed by atoms with Gasteiger partial charge in [0.1, 0.15) is 5.82 Å². The van der Waals surface area contributed by atoms with E-state index in [-0.39, 0.29) is 47.2 Å². The first-order valence-electron chi connectivity index (χ1n) is 12.6. The molecule has 38 heavy (non-hydrogen) atoms. The lowest BCUT2D eigenvalue weighted by molar-refractivity contribution is 0.203. The highest BCUT2D eigenvalue weighted by molar-refractivity contribution is 7.92. The normalized spacial score (nSPS) is 19.0. The van der Waals surface area contributed by atoms with Crippen molar-refractivity contribution in [3.8, 4) is 17.1 Å². The van der Waals surface area contributed by atoms with Crippen molar-refractivity contribution in [1.29, 1.82) is 0 Å². The van der Waals surface area contributed by atoms with Gasteiger partial charge in [-0.25, -0.2) is 21.6 Å². The number of aromatic nitrogens is 1. The maximum absolute atomic E-state index is 13.0. The Balaban J connectivity index is 1.61. The monoisotopic (exact) mass is 561 g/mol. The van der Waals surface area contributed by atoms with Gasteiger partial charge in [0, 0.05) is 19.2 Å². The number of rotatable bonds is 8. The summed E-state index contributed by atoms with van der Waals surface area (Å²) in [7, 11) is -5.35. The van der Waals surface area contributed by atoms with Gasteiger partial charge in [0.15, 0.2) is 21.3 Å². The summed E-state index contributed by atoms with van der Waals surface area (Å²) in [4.78, 5) is 16.9. The fourth-order valence-corrected chi connectivity index (χ4v) is 7.68. The van der Waals surface area contributed by atoms with Crippen molar-refractivity contribution in [1.82, 2.24) is 10.3 Å². The molecule has 2 fully saturated rings. The van der Waals surface area contributed by atoms with Gasteiger partial charge in [-0.3, -0.25) is 4.31 Å². The highest BCUT2D eigenvalue weighted by Crippen LogP contribution is 2.48. The van der Waals surface area contributed by atoms with E-state index in [0.29, 0.717) is 29.6 Å². The largest absolute Gasteiger partial charge is 0.434 e. The quantitative estimate of drug-likeness (QED) is 0.436. The van der Waals surface area contributed by atoms with E-state index >= 15 is 0 Å². The third-order valence-electron chi connectivity index (χ3n) is 7.08. The van der Waals surface area contributed by atoms with E-state index in [0.717, 1.165) is 30.2 Å². The minimum atomic E-state index is -3.73. The summed E-state index contributed by atoms with van der Waals surface area (Å²) in [6.07, 6.45) is 3.16. The molecule has 2 aliphatic rings. The highest BCUT2D eigenvalue weighted by Gasteiger charge is 2.35. The molecule has 10 nitrogen and oxygen atoms in total. The summed E-state index contributed by atoms with van der Waals surface area (Å²) in [6, 6.07) is 9.34. The molecule has 1 aromatic carbocycles. The van der Waals surface area contributed by atoms with Crippen LogP contribution in [0.5, 0.6) is 5.75 Å². The molecule has 2 aromatic heterocycles. The standard InChI is InChI=1S/C26H31N3O7S2/c1-16-4-6-19(7-5-16)22-23(36-26(30)27-2)21-14-20(18-8-9-18)24(28-25(21)35-22)29(37(3,31)32)12-10-17-11-13-38(33,34)15-17/h4-7,14,17-18H,8-13,15H2,1-3H3,(H,27,30). The molecule has 0 spiro atoms. The first-order valence-corrected chi connectivity index (χ1v) is 16.2. The van der Waals surface area contributed by atoms with Crippen LogP contribution in [0.25, 0.3) is 22.4 Å². The molecular formula is C26H31N3O7S2. The van der Waals surface area contributed by atoms with Gasteiger partial charge in [-0.15, -0.1) is 0 Å². The molecule has 204 valence electrons. The second kappa shape index (κ2) is 9.88. The van der Waals surface area contributed by atoms with Crippen LogP contribution in [-0.2, 0) is 19.9 Å². The molecule has 1 aliphatic heterocycles. The number of carbonyl (C=O) groups is 1. The molecule has 0 radical (unpaired) electrons. The molecule has 1 amide bonds. The van der Waals surface area contributed by atoms with E-state index < -0.39 is 26.0 Å². The molecular weight excluding hydrogens is 530 g/mol. The number of fused-ring (bicyclic) bond motifs is 1. The molecule has 3 heterocycles. The number of sulfone groups is 1. The van der Waals surface area contributed by atoms with Crippen LogP contribution in [0, 0.1) is 12.8 Å². The predicted molar refractivity (Wildman–Crippen MR) is 145 cm³/mol. The predicted octanol–water partition coefficient (Wildman–Crippen LogP) is 3.99. The Kier molecular flexibility index (Phi) is 6.89. The van der Waals surface area contributed by atoms with Crippen LogP contribution in [0.2, 0.25) is 0 Å². The Morgan fingerprint density at radius 1 is 1.21 bits per heavy atom. The van der Waals surface area contributed by atoms with E-state index in [1.807, 2.05) is 37.3 Å². The number of benzene rings is 1. The average molecular weight is 562 g/mol. The van der Waals surface area contributed by atoms with Crippen molar-refractivity contribution >= 4 is 42.9 Å². The summed E-state index contributed by atoms with van der Waals surface area (Å²) in [5.41, 5.74) is 2.62. The summed E-state index contributed by atoms with van der Waals surface area (Å²) >= 11 is 0. The van der Waals surface area contributed by atoms with E-state index in [4.69, 9.17) is 9.15 Å². The number of anilines is 1. The number of nitrogens with one attached hydrogen (secondary N) is 1. The van der Waals surface area contributed by atoms with Crippen LogP contribution in [-0.4, -0.2) is 59.3 Å². The van der Waals surface area contributed by atoms with Gasteiger partial charge in [-0.1, -0.05) is 29.8 Å². The van der Waals surface area contributed by atoms with Crippen molar-refractivity contribution in [2.45, 2.75) is 38.5 Å². The molecule has 12 heteroatoms. The number of furan rings is 1. The zero-order valence-electron chi connectivity index (χ0n) is 21.6. The lowest BCUT2D eigenvalue weighted by atomic mass is 10.1. The van der Waals surface area contributed by atoms with Gasteiger partial charge >= 0.3 is 6.09 Å². The summed E-state index contributed by atoms with van der Waals surface area (Å²) in [5, 5.41) is 2.93. The van der Waals surface area contributed by atoms with Gasteiger partial charge < -0.3 is 14.5 Å². The topological polar surface area (TPSA) is 136 Å². The third kappa shape index (κ3) is 5.51. The number of hydrogen-bond donors (Lipinski definition) is 1. The van der Waals surface area contributed by atoms with Crippen molar-refractivity contribution in [3.05, 3.63) is 41.5 Å². The molecule has 0 bridgehead atoms. The van der Waals surface area contributed by atoms with E-state index in [1.165, 1.54) is 11.4 Å². The average Bonchev–Trinajstić information content (AvgIpc) is 3.56. The van der Waals surface area contributed by atoms with Crippen molar-refractivity contribution < 1.29 is 30.8 Å². The Labute approximate surface area is 222 Å². The summed E-state index contributed by atoms with van der Waals surface area (Å²) < 4.78 is 62.8. The van der Waals surface area contributed by atoms with E-state index in [2.05, 4.69) is 10.3 Å². The minimum Gasteiger partial charge on any atom is -0.434 e. The first kappa shape index (κ1) is 26.5. The van der Waals surface area contributed by atoms with E-state index in [1.54, 1.807) is 0 Å². The number of aryl methyl sites for hydroxylation is 1. The van der Waals surface area contributed by atoms with Crippen LogP contribution in [0.1, 0.15) is 42.7 Å². The van der Waals surface area contributed by atoms with E-state index in [9.17, 15) is 21.6 Å². The molecule has 1 saturated carbocycles. The summed E-state index contributed by atoms with van der Waals surface area (Å²) in [6.45, 7) is 2.07. The minimum absolute atomic E-state index is 0.0742. The third-order valence-corrected chi connectivity index (χ3v) is 10.1. The van der Waals surface area contributed by atoms with Crippen LogP contribution in [0.4, 0.5) is 10.6 Å². The number of sulfonamides is 1. The lowest BCUT2D eigenvalue weighted by Gasteiger charge is -2.25. The number of pyridine rings is 1. The van der Waals surface area contributed by atoms with Crippen LogP contribution in [0.3, 0.4) is 0 Å². The Morgan fingerprint density at radius 3 is 2.50 bits per heavy atom. The number of ether oxygens (including phenoxy) is 1. The molecule has 5 rings (SSSR count). The lowest BCUT2D eigenvalue weighted by Crippen LogP contribution is -2.33. The second-order valence-electron chi connectivity index (χ2n) is 10.2. The van der Waals surface area contributed by atoms with Gasteiger partial charge in [-0.05, 0) is 56.1 Å². The Hall–Kier alpha value is -3.12. The Morgan fingerprint density at radius 2 is 1.92 bits per heavy atom. The SMILES string of the molecule is CNC(=O)Oc1c(-c2ccc(C)cc2)oc2nc(N(CCC3CCS(=O)(=O)C3)S(C)(=O)=O)c(C3CC3)cc12. The molecule has 3 aromatic rings. The van der Waals surface area contributed by atoms with Gasteiger partial charge in [0.2, 0.25) is 15.7 Å². The van der Waals surface area contributed by atoms with Gasteiger partial charge in [0.25, 0.3) is 0 Å². The van der Waals surface area contributed by atoms with Crippen molar-refractivity contribution in [3.63, 3.8) is 0 Å². The molecule has 1 N–H and O–H groups in total. The Bertz CT molecular complexity index is 1590. The molecule has 1 aliphatic carbocycles. The molecule has 1 atom stereocenters. The molecule has 1 unspecified atom stereocenters. The maximum atomic E-state index is 13.0.